The van der Waals surface area contributed by atoms with Crippen LogP contribution in [0.1, 0.15) is 29.5 Å². The van der Waals surface area contributed by atoms with Crippen molar-refractivity contribution in [1.82, 2.24) is 15.0 Å². The molecule has 48 heavy (non-hydrogen) atoms. The van der Waals surface area contributed by atoms with E-state index in [0.29, 0.717) is 11.6 Å². The van der Waals surface area contributed by atoms with Crippen molar-refractivity contribution in [3.05, 3.63) is 157 Å². The summed E-state index contributed by atoms with van der Waals surface area (Å²) in [5.74, 6) is 2.79. The Labute approximate surface area is 275 Å². The summed E-state index contributed by atoms with van der Waals surface area (Å²) in [4.78, 5) is 15.3. The second-order valence-electron chi connectivity index (χ2n) is 12.4. The molecule has 0 amide bonds. The fourth-order valence-corrected chi connectivity index (χ4v) is 7.09. The van der Waals surface area contributed by atoms with Crippen molar-refractivity contribution in [1.29, 1.82) is 0 Å². The van der Waals surface area contributed by atoms with Crippen LogP contribution in [0.25, 0.3) is 83.7 Å². The van der Waals surface area contributed by atoms with Crippen LogP contribution in [0.15, 0.2) is 148 Å². The Morgan fingerprint density at radius 1 is 0.479 bits per heavy atom. The third-order valence-electron chi connectivity index (χ3n) is 9.46. The monoisotopic (exact) mass is 617 g/mol. The molecule has 0 bridgehead atoms. The van der Waals surface area contributed by atoms with Gasteiger partial charge in [-0.1, -0.05) is 103 Å². The van der Waals surface area contributed by atoms with E-state index in [4.69, 9.17) is 23.8 Å². The zero-order valence-electron chi connectivity index (χ0n) is 25.8. The van der Waals surface area contributed by atoms with E-state index in [2.05, 4.69) is 97.1 Å². The number of rotatable bonds is 4. The van der Waals surface area contributed by atoms with Gasteiger partial charge in [0.25, 0.3) is 0 Å². The Morgan fingerprint density at radius 3 is 2.10 bits per heavy atom. The van der Waals surface area contributed by atoms with Gasteiger partial charge in [0.15, 0.2) is 11.6 Å². The van der Waals surface area contributed by atoms with Crippen molar-refractivity contribution in [3.8, 4) is 33.9 Å². The maximum atomic E-state index is 6.44. The highest BCUT2D eigenvalue weighted by molar-refractivity contribution is 6.06. The quantitative estimate of drug-likeness (QED) is 0.197. The third-order valence-corrected chi connectivity index (χ3v) is 9.46. The van der Waals surface area contributed by atoms with E-state index in [0.717, 1.165) is 84.1 Å². The minimum atomic E-state index is -0.107. The number of nitrogens with zero attached hydrogens (tertiary/aromatic N) is 3. The minimum absolute atomic E-state index is 0.107. The fraction of sp³-hybridized carbons (Fsp3) is 0.0465. The van der Waals surface area contributed by atoms with Crippen LogP contribution < -0.4 is 0 Å². The van der Waals surface area contributed by atoms with Crippen molar-refractivity contribution in [3.63, 3.8) is 0 Å². The minimum Gasteiger partial charge on any atom is -0.456 e. The highest BCUT2D eigenvalue weighted by Gasteiger charge is 2.29. The Bertz CT molecular complexity index is 2720. The molecule has 0 N–H and O–H groups in total. The van der Waals surface area contributed by atoms with E-state index in [9.17, 15) is 0 Å². The molecule has 1 aliphatic carbocycles. The van der Waals surface area contributed by atoms with Crippen molar-refractivity contribution in [2.75, 3.05) is 0 Å². The molecule has 0 saturated carbocycles. The van der Waals surface area contributed by atoms with Crippen molar-refractivity contribution < 1.29 is 8.83 Å². The molecule has 0 radical (unpaired) electrons. The molecule has 6 aromatic carbocycles. The summed E-state index contributed by atoms with van der Waals surface area (Å²) in [7, 11) is 0. The van der Waals surface area contributed by atoms with Crippen LogP contribution >= 0.6 is 0 Å². The van der Waals surface area contributed by atoms with Crippen LogP contribution in [0, 0.1) is 0 Å². The molecule has 0 fully saturated rings. The van der Waals surface area contributed by atoms with Crippen LogP contribution in [0.4, 0.5) is 0 Å². The smallest absolute Gasteiger partial charge is 0.163 e. The molecule has 0 spiro atoms. The lowest BCUT2D eigenvalue weighted by Gasteiger charge is -2.19. The van der Waals surface area contributed by atoms with E-state index in [1.165, 1.54) is 5.39 Å². The van der Waals surface area contributed by atoms with E-state index >= 15 is 0 Å². The van der Waals surface area contributed by atoms with Crippen molar-refractivity contribution >= 4 is 49.8 Å². The molecule has 1 atom stereocenters. The first-order valence-corrected chi connectivity index (χ1v) is 16.2. The number of para-hydroxylation sites is 1. The number of allylic oxidation sites excluding steroid dienone is 1. The largest absolute Gasteiger partial charge is 0.456 e. The first-order valence-electron chi connectivity index (χ1n) is 16.2. The zero-order valence-corrected chi connectivity index (χ0v) is 25.8. The number of fused-ring (bicyclic) bond motifs is 7. The van der Waals surface area contributed by atoms with Crippen molar-refractivity contribution in [2.24, 2.45) is 0 Å². The molecule has 5 nitrogen and oxygen atoms in total. The first kappa shape index (κ1) is 26.8. The fourth-order valence-electron chi connectivity index (χ4n) is 7.09. The Morgan fingerprint density at radius 2 is 1.19 bits per heavy atom. The molecule has 1 aliphatic rings. The lowest BCUT2D eigenvalue weighted by Crippen LogP contribution is -2.11. The number of furan rings is 2. The van der Waals surface area contributed by atoms with Gasteiger partial charge in [0.2, 0.25) is 0 Å². The summed E-state index contributed by atoms with van der Waals surface area (Å²) in [5, 5.41) is 5.64. The van der Waals surface area contributed by atoms with Crippen molar-refractivity contribution in [2.45, 2.75) is 12.3 Å². The number of benzene rings is 6. The van der Waals surface area contributed by atoms with Gasteiger partial charge in [-0.3, -0.25) is 0 Å². The zero-order chi connectivity index (χ0) is 31.6. The topological polar surface area (TPSA) is 65.0 Å². The van der Waals surface area contributed by atoms with E-state index < -0.39 is 0 Å². The maximum absolute atomic E-state index is 6.44. The summed E-state index contributed by atoms with van der Waals surface area (Å²) in [5.41, 5.74) is 7.82. The lowest BCUT2D eigenvalue weighted by atomic mass is 9.87. The van der Waals surface area contributed by atoms with Gasteiger partial charge in [-0.15, -0.1) is 0 Å². The summed E-state index contributed by atoms with van der Waals surface area (Å²) in [6.45, 7) is 0. The van der Waals surface area contributed by atoms with E-state index in [1.54, 1.807) is 0 Å². The Kier molecular flexibility index (Phi) is 5.93. The Hall–Kier alpha value is -6.33. The number of aromatic nitrogens is 3. The molecule has 9 aromatic rings. The van der Waals surface area contributed by atoms with Crippen LogP contribution in [-0.4, -0.2) is 15.0 Å². The SMILES string of the molecule is C1=Cc2oc3ccc(-c4ccc5c(c4)oc4ccccc45)cc3c2C(c2nc(-c3ccccc3)nc(-c3ccc4ccccc4c3)n2)C1. The average molecular weight is 618 g/mol. The van der Waals surface area contributed by atoms with Crippen LogP contribution in [-0.2, 0) is 0 Å². The molecule has 5 heteroatoms. The third kappa shape index (κ3) is 4.36. The normalized spacial score (nSPS) is 14.3. The Balaban J connectivity index is 1.12. The highest BCUT2D eigenvalue weighted by atomic mass is 16.3. The van der Waals surface area contributed by atoms with Gasteiger partial charge in [0.05, 0.1) is 5.92 Å². The first-order chi connectivity index (χ1) is 23.7. The lowest BCUT2D eigenvalue weighted by molar-refractivity contribution is 0.586. The molecular formula is C43H27N3O2. The van der Waals surface area contributed by atoms with Crippen LogP contribution in [0.5, 0.6) is 0 Å². The van der Waals surface area contributed by atoms with Gasteiger partial charge in [-0.25, -0.2) is 15.0 Å². The summed E-state index contributed by atoms with van der Waals surface area (Å²) >= 11 is 0. The summed E-state index contributed by atoms with van der Waals surface area (Å²) in [6.07, 6.45) is 5.00. The molecule has 10 rings (SSSR count). The summed E-state index contributed by atoms with van der Waals surface area (Å²) in [6, 6.07) is 45.9. The molecule has 3 heterocycles. The van der Waals surface area contributed by atoms with Gasteiger partial charge in [-0.2, -0.15) is 0 Å². The molecular weight excluding hydrogens is 590 g/mol. The van der Waals surface area contributed by atoms with Gasteiger partial charge in [0.1, 0.15) is 28.3 Å². The van der Waals surface area contributed by atoms with E-state index in [1.807, 2.05) is 48.5 Å². The number of hydrogen-bond acceptors (Lipinski definition) is 5. The predicted molar refractivity (Wildman–Crippen MR) is 193 cm³/mol. The molecule has 3 aromatic heterocycles. The van der Waals surface area contributed by atoms with Crippen LogP contribution in [0.3, 0.4) is 0 Å². The summed E-state index contributed by atoms with van der Waals surface area (Å²) < 4.78 is 12.7. The van der Waals surface area contributed by atoms with Gasteiger partial charge in [0, 0.05) is 32.8 Å². The van der Waals surface area contributed by atoms with Gasteiger partial charge < -0.3 is 8.83 Å². The number of hydrogen-bond donors (Lipinski definition) is 0. The molecule has 0 saturated heterocycles. The van der Waals surface area contributed by atoms with Gasteiger partial charge in [-0.05, 0) is 70.8 Å². The standard InChI is InChI=1S/C43H27N3O2/c1-2-10-27(11-3-1)41-44-42(31-18-17-26-9-4-5-12-28(26)23-31)46-43(45-41)34-14-8-16-38-40(34)35-24-29(20-22-37(35)47-38)30-19-21-33-32-13-6-7-15-36(32)48-39(33)25-30/h1-13,15-25,34H,14H2. The van der Waals surface area contributed by atoms with Gasteiger partial charge >= 0.3 is 0 Å². The molecule has 1 unspecified atom stereocenters. The molecule has 226 valence electrons. The second kappa shape index (κ2) is 10.6. The maximum Gasteiger partial charge on any atom is 0.163 e. The second-order valence-corrected chi connectivity index (χ2v) is 12.4. The van der Waals surface area contributed by atoms with E-state index in [-0.39, 0.29) is 5.92 Å². The average Bonchev–Trinajstić information content (AvgIpc) is 3.72. The predicted octanol–water partition coefficient (Wildman–Crippen LogP) is 11.2. The highest BCUT2D eigenvalue weighted by Crippen LogP contribution is 2.43. The molecule has 0 aliphatic heterocycles. The van der Waals surface area contributed by atoms with Crippen LogP contribution in [0.2, 0.25) is 0 Å².